The Morgan fingerprint density at radius 1 is 1.31 bits per heavy atom. The van der Waals surface area contributed by atoms with Crippen LogP contribution in [0.5, 0.6) is 0 Å². The summed E-state index contributed by atoms with van der Waals surface area (Å²) in [6.07, 6.45) is 0. The minimum absolute atomic E-state index is 0.416. The largest absolute Gasteiger partial charge is 0.398 e. The molecule has 1 aromatic carbocycles. The number of hydrogen-bond acceptors (Lipinski definition) is 3. The van der Waals surface area contributed by atoms with Crippen LogP contribution in [0.2, 0.25) is 0 Å². The van der Waals surface area contributed by atoms with Crippen LogP contribution in [-0.4, -0.2) is 23.9 Å². The normalized spacial score (nSPS) is 10.7. The van der Waals surface area contributed by atoms with Gasteiger partial charge in [-0.3, -0.25) is 9.69 Å². The fourth-order valence-electron chi connectivity index (χ4n) is 1.58. The van der Waals surface area contributed by atoms with Crippen molar-refractivity contribution in [1.29, 1.82) is 0 Å². The number of primary amides is 1. The zero-order chi connectivity index (χ0) is 12.1. The Labute approximate surface area is 96.2 Å². The van der Waals surface area contributed by atoms with Crippen molar-refractivity contribution >= 4 is 11.6 Å². The Morgan fingerprint density at radius 2 is 1.94 bits per heavy atom. The first-order valence-corrected chi connectivity index (χ1v) is 5.49. The summed E-state index contributed by atoms with van der Waals surface area (Å²) in [5, 5.41) is 0. The SMILES string of the molecule is CCN(CC)Cc1cc(C(N)=O)ccc1N. The van der Waals surface area contributed by atoms with Crippen LogP contribution >= 0.6 is 0 Å². The van der Waals surface area contributed by atoms with Gasteiger partial charge in [-0.05, 0) is 36.9 Å². The van der Waals surface area contributed by atoms with Crippen LogP contribution < -0.4 is 11.5 Å². The summed E-state index contributed by atoms with van der Waals surface area (Å²) in [6, 6.07) is 5.16. The van der Waals surface area contributed by atoms with Gasteiger partial charge in [0.1, 0.15) is 0 Å². The summed E-state index contributed by atoms with van der Waals surface area (Å²) in [4.78, 5) is 13.3. The molecule has 4 heteroatoms. The molecule has 0 atom stereocenters. The Morgan fingerprint density at radius 3 is 2.44 bits per heavy atom. The van der Waals surface area contributed by atoms with E-state index in [0.29, 0.717) is 11.3 Å². The Kier molecular flexibility index (Phi) is 4.31. The highest BCUT2D eigenvalue weighted by Crippen LogP contribution is 2.16. The van der Waals surface area contributed by atoms with Gasteiger partial charge in [-0.25, -0.2) is 0 Å². The number of nitrogens with two attached hydrogens (primary N) is 2. The van der Waals surface area contributed by atoms with E-state index in [1.54, 1.807) is 18.2 Å². The van der Waals surface area contributed by atoms with Gasteiger partial charge in [0, 0.05) is 17.8 Å². The fourth-order valence-corrected chi connectivity index (χ4v) is 1.58. The zero-order valence-electron chi connectivity index (χ0n) is 9.86. The third-order valence-corrected chi connectivity index (χ3v) is 2.72. The molecule has 0 unspecified atom stereocenters. The lowest BCUT2D eigenvalue weighted by atomic mass is 10.1. The second-order valence-electron chi connectivity index (χ2n) is 3.74. The van der Waals surface area contributed by atoms with Gasteiger partial charge in [0.25, 0.3) is 0 Å². The average Bonchev–Trinajstić information content (AvgIpc) is 2.27. The lowest BCUT2D eigenvalue weighted by Crippen LogP contribution is -2.23. The lowest BCUT2D eigenvalue weighted by Gasteiger charge is -2.19. The van der Waals surface area contributed by atoms with Crippen LogP contribution in [0.3, 0.4) is 0 Å². The van der Waals surface area contributed by atoms with Crippen molar-refractivity contribution in [1.82, 2.24) is 4.90 Å². The van der Waals surface area contributed by atoms with E-state index >= 15 is 0 Å². The minimum atomic E-state index is -0.416. The molecule has 0 fully saturated rings. The van der Waals surface area contributed by atoms with Crippen molar-refractivity contribution in [3.63, 3.8) is 0 Å². The van der Waals surface area contributed by atoms with Crippen LogP contribution in [0.25, 0.3) is 0 Å². The van der Waals surface area contributed by atoms with Gasteiger partial charge < -0.3 is 11.5 Å². The summed E-state index contributed by atoms with van der Waals surface area (Å²) >= 11 is 0. The zero-order valence-corrected chi connectivity index (χ0v) is 9.86. The lowest BCUT2D eigenvalue weighted by molar-refractivity contribution is 0.1000. The molecule has 0 saturated heterocycles. The monoisotopic (exact) mass is 221 g/mol. The maximum Gasteiger partial charge on any atom is 0.248 e. The third-order valence-electron chi connectivity index (χ3n) is 2.72. The topological polar surface area (TPSA) is 72.3 Å². The molecule has 0 aromatic heterocycles. The maximum absolute atomic E-state index is 11.1. The number of carbonyl (C=O) groups is 1. The van der Waals surface area contributed by atoms with E-state index in [4.69, 9.17) is 11.5 Å². The molecule has 0 aliphatic heterocycles. The molecule has 16 heavy (non-hydrogen) atoms. The summed E-state index contributed by atoms with van der Waals surface area (Å²) < 4.78 is 0. The molecular weight excluding hydrogens is 202 g/mol. The van der Waals surface area contributed by atoms with Gasteiger partial charge >= 0.3 is 0 Å². The van der Waals surface area contributed by atoms with Gasteiger partial charge in [0.15, 0.2) is 0 Å². The Bertz CT molecular complexity index is 373. The van der Waals surface area contributed by atoms with Gasteiger partial charge in [0.2, 0.25) is 5.91 Å². The Balaban J connectivity index is 2.93. The quantitative estimate of drug-likeness (QED) is 0.734. The fraction of sp³-hybridized carbons (Fsp3) is 0.417. The number of carbonyl (C=O) groups excluding carboxylic acids is 1. The molecule has 0 aliphatic carbocycles. The molecular formula is C12H19N3O. The molecule has 0 heterocycles. The van der Waals surface area contributed by atoms with Crippen LogP contribution in [0.15, 0.2) is 18.2 Å². The standard InChI is InChI=1S/C12H19N3O/c1-3-15(4-2)8-10-7-9(12(14)16)5-6-11(10)13/h5-7H,3-4,8,13H2,1-2H3,(H2,14,16). The van der Waals surface area contributed by atoms with Crippen molar-refractivity contribution in [2.45, 2.75) is 20.4 Å². The number of rotatable bonds is 5. The molecule has 1 aromatic rings. The number of nitrogens with zero attached hydrogens (tertiary/aromatic N) is 1. The maximum atomic E-state index is 11.1. The minimum Gasteiger partial charge on any atom is -0.398 e. The number of hydrogen-bond donors (Lipinski definition) is 2. The van der Waals surface area contributed by atoms with Crippen molar-refractivity contribution in [2.75, 3.05) is 18.8 Å². The number of amides is 1. The van der Waals surface area contributed by atoms with Gasteiger partial charge in [0.05, 0.1) is 0 Å². The average molecular weight is 221 g/mol. The first-order valence-electron chi connectivity index (χ1n) is 5.49. The predicted molar refractivity (Wildman–Crippen MR) is 66.0 cm³/mol. The molecule has 4 N–H and O–H groups in total. The van der Waals surface area contributed by atoms with Crippen molar-refractivity contribution in [3.05, 3.63) is 29.3 Å². The van der Waals surface area contributed by atoms with Crippen LogP contribution in [0, 0.1) is 0 Å². The summed E-state index contributed by atoms with van der Waals surface area (Å²) in [6.45, 7) is 6.85. The third kappa shape index (κ3) is 2.97. The molecule has 1 amide bonds. The van der Waals surface area contributed by atoms with Gasteiger partial charge in [-0.15, -0.1) is 0 Å². The molecule has 0 bridgehead atoms. The highest BCUT2D eigenvalue weighted by atomic mass is 16.1. The second-order valence-corrected chi connectivity index (χ2v) is 3.74. The summed E-state index contributed by atoms with van der Waals surface area (Å²) in [5.74, 6) is -0.416. The van der Waals surface area contributed by atoms with Gasteiger partial charge in [-0.1, -0.05) is 13.8 Å². The van der Waals surface area contributed by atoms with E-state index in [-0.39, 0.29) is 0 Å². The summed E-state index contributed by atoms with van der Waals surface area (Å²) in [7, 11) is 0. The van der Waals surface area contributed by atoms with E-state index in [2.05, 4.69) is 18.7 Å². The van der Waals surface area contributed by atoms with E-state index in [0.717, 1.165) is 25.2 Å². The van der Waals surface area contributed by atoms with Crippen LogP contribution in [0.4, 0.5) is 5.69 Å². The van der Waals surface area contributed by atoms with Crippen molar-refractivity contribution in [3.8, 4) is 0 Å². The van der Waals surface area contributed by atoms with Crippen molar-refractivity contribution in [2.24, 2.45) is 5.73 Å². The highest BCUT2D eigenvalue weighted by molar-refractivity contribution is 5.93. The molecule has 0 saturated carbocycles. The van der Waals surface area contributed by atoms with Gasteiger partial charge in [-0.2, -0.15) is 0 Å². The number of benzene rings is 1. The number of nitrogen functional groups attached to an aromatic ring is 1. The van der Waals surface area contributed by atoms with Crippen LogP contribution in [0.1, 0.15) is 29.8 Å². The Hall–Kier alpha value is -1.55. The number of anilines is 1. The highest BCUT2D eigenvalue weighted by Gasteiger charge is 2.08. The van der Waals surface area contributed by atoms with E-state index in [1.807, 2.05) is 0 Å². The van der Waals surface area contributed by atoms with E-state index in [1.165, 1.54) is 0 Å². The summed E-state index contributed by atoms with van der Waals surface area (Å²) in [5.41, 5.74) is 13.3. The second kappa shape index (κ2) is 5.51. The molecule has 0 spiro atoms. The smallest absolute Gasteiger partial charge is 0.248 e. The molecule has 1 rings (SSSR count). The molecule has 0 aliphatic rings. The molecule has 88 valence electrons. The van der Waals surface area contributed by atoms with Crippen LogP contribution in [-0.2, 0) is 6.54 Å². The molecule has 4 nitrogen and oxygen atoms in total. The van der Waals surface area contributed by atoms with Crippen molar-refractivity contribution < 1.29 is 4.79 Å². The van der Waals surface area contributed by atoms with E-state index < -0.39 is 5.91 Å². The first-order chi connectivity index (χ1) is 7.58. The first kappa shape index (κ1) is 12.5. The predicted octanol–water partition coefficient (Wildman–Crippen LogP) is 1.21. The van der Waals surface area contributed by atoms with E-state index in [9.17, 15) is 4.79 Å². The molecule has 0 radical (unpaired) electrons.